The molecule has 0 aromatic rings. The van der Waals surface area contributed by atoms with Gasteiger partial charge in [0, 0.05) is 6.42 Å². The maximum absolute atomic E-state index is 5.31. The van der Waals surface area contributed by atoms with Crippen molar-refractivity contribution in [2.45, 2.75) is 52.7 Å². The van der Waals surface area contributed by atoms with E-state index < -0.39 is 0 Å². The lowest BCUT2D eigenvalue weighted by molar-refractivity contribution is -0.0274. The van der Waals surface area contributed by atoms with Crippen LogP contribution in [0.5, 0.6) is 0 Å². The third-order valence-corrected chi connectivity index (χ3v) is 3.42. The highest BCUT2D eigenvalue weighted by Crippen LogP contribution is 2.30. The Bertz CT molecular complexity index is 355. The Morgan fingerprint density at radius 3 is 2.67 bits per heavy atom. The lowest BCUT2D eigenvalue weighted by Gasteiger charge is -2.22. The van der Waals surface area contributed by atoms with Crippen molar-refractivity contribution < 1.29 is 9.47 Å². The first-order valence-corrected chi connectivity index (χ1v) is 6.97. The molecule has 2 rings (SSSR count). The summed E-state index contributed by atoms with van der Waals surface area (Å²) in [5.74, 6) is 1.48. The van der Waals surface area contributed by atoms with Crippen molar-refractivity contribution in [2.24, 2.45) is 11.8 Å². The number of ether oxygens (including phenoxy) is 2. The maximum Gasteiger partial charge on any atom is 0.240 e. The SMILES string of the molecule is CC1=CC(CCC2OC=CO2)=CC(CC(C)C)C1. The van der Waals surface area contributed by atoms with E-state index in [1.807, 2.05) is 0 Å². The van der Waals surface area contributed by atoms with E-state index in [1.54, 1.807) is 12.5 Å². The Labute approximate surface area is 110 Å². The fraction of sp³-hybridized carbons (Fsp3) is 0.625. The Hall–Kier alpha value is -1.18. The van der Waals surface area contributed by atoms with Gasteiger partial charge in [-0.15, -0.1) is 0 Å². The molecule has 0 saturated heterocycles. The van der Waals surface area contributed by atoms with Gasteiger partial charge in [0.15, 0.2) is 0 Å². The van der Waals surface area contributed by atoms with Gasteiger partial charge in [0.25, 0.3) is 0 Å². The lowest BCUT2D eigenvalue weighted by Crippen LogP contribution is -2.10. The normalized spacial score (nSPS) is 23.7. The van der Waals surface area contributed by atoms with Crippen molar-refractivity contribution in [1.29, 1.82) is 0 Å². The molecule has 0 aromatic heterocycles. The average Bonchev–Trinajstić information content (AvgIpc) is 2.77. The van der Waals surface area contributed by atoms with Crippen molar-refractivity contribution in [2.75, 3.05) is 0 Å². The van der Waals surface area contributed by atoms with E-state index >= 15 is 0 Å². The van der Waals surface area contributed by atoms with Crippen molar-refractivity contribution in [3.63, 3.8) is 0 Å². The van der Waals surface area contributed by atoms with Crippen LogP contribution in [0.2, 0.25) is 0 Å². The molecule has 1 aliphatic carbocycles. The third-order valence-electron chi connectivity index (χ3n) is 3.42. The van der Waals surface area contributed by atoms with E-state index in [-0.39, 0.29) is 6.29 Å². The first-order valence-electron chi connectivity index (χ1n) is 6.97. The van der Waals surface area contributed by atoms with Crippen LogP contribution in [0.1, 0.15) is 46.5 Å². The second kappa shape index (κ2) is 6.12. The molecule has 0 saturated carbocycles. The highest BCUT2D eigenvalue weighted by atomic mass is 16.7. The van der Waals surface area contributed by atoms with Crippen molar-refractivity contribution in [3.8, 4) is 0 Å². The highest BCUT2D eigenvalue weighted by molar-refractivity contribution is 5.28. The minimum Gasteiger partial charge on any atom is -0.459 e. The van der Waals surface area contributed by atoms with Gasteiger partial charge >= 0.3 is 0 Å². The summed E-state index contributed by atoms with van der Waals surface area (Å²) in [6.45, 7) is 6.84. The molecule has 0 radical (unpaired) electrons. The second-order valence-corrected chi connectivity index (χ2v) is 5.84. The van der Waals surface area contributed by atoms with Crippen LogP contribution < -0.4 is 0 Å². The maximum atomic E-state index is 5.31. The smallest absolute Gasteiger partial charge is 0.240 e. The molecule has 1 heterocycles. The summed E-state index contributed by atoms with van der Waals surface area (Å²) in [5.41, 5.74) is 2.95. The van der Waals surface area contributed by atoms with Crippen LogP contribution in [0, 0.1) is 11.8 Å². The summed E-state index contributed by atoms with van der Waals surface area (Å²) in [7, 11) is 0. The molecule has 0 aromatic carbocycles. The summed E-state index contributed by atoms with van der Waals surface area (Å²) < 4.78 is 10.6. The number of hydrogen-bond acceptors (Lipinski definition) is 2. The molecular weight excluding hydrogens is 224 g/mol. The number of allylic oxidation sites excluding steroid dienone is 4. The quantitative estimate of drug-likeness (QED) is 0.710. The predicted molar refractivity (Wildman–Crippen MR) is 73.7 cm³/mol. The molecule has 0 N–H and O–H groups in total. The molecule has 2 nitrogen and oxygen atoms in total. The number of rotatable bonds is 5. The fourth-order valence-electron chi connectivity index (χ4n) is 2.80. The summed E-state index contributed by atoms with van der Waals surface area (Å²) in [6, 6.07) is 0. The molecule has 0 bridgehead atoms. The molecule has 2 aliphatic rings. The van der Waals surface area contributed by atoms with Gasteiger partial charge in [0.1, 0.15) is 12.5 Å². The summed E-state index contributed by atoms with van der Waals surface area (Å²) >= 11 is 0. The average molecular weight is 248 g/mol. The highest BCUT2D eigenvalue weighted by Gasteiger charge is 2.17. The molecule has 0 spiro atoms. The van der Waals surface area contributed by atoms with E-state index in [0.29, 0.717) is 5.92 Å². The van der Waals surface area contributed by atoms with Gasteiger partial charge in [-0.25, -0.2) is 0 Å². The van der Waals surface area contributed by atoms with Gasteiger partial charge in [0.2, 0.25) is 6.29 Å². The third kappa shape index (κ3) is 3.94. The zero-order valence-corrected chi connectivity index (χ0v) is 11.7. The minimum atomic E-state index is -0.0786. The van der Waals surface area contributed by atoms with E-state index in [0.717, 1.165) is 18.8 Å². The van der Waals surface area contributed by atoms with Gasteiger partial charge in [-0.2, -0.15) is 0 Å². The van der Waals surface area contributed by atoms with Crippen LogP contribution in [0.3, 0.4) is 0 Å². The van der Waals surface area contributed by atoms with Crippen molar-refractivity contribution in [1.82, 2.24) is 0 Å². The Kier molecular flexibility index (Phi) is 4.51. The van der Waals surface area contributed by atoms with Gasteiger partial charge in [0.05, 0.1) is 0 Å². The van der Waals surface area contributed by atoms with E-state index in [1.165, 1.54) is 24.0 Å². The molecule has 1 unspecified atom stereocenters. The Morgan fingerprint density at radius 2 is 2.00 bits per heavy atom. The molecular formula is C16H24O2. The van der Waals surface area contributed by atoms with Gasteiger partial charge < -0.3 is 9.47 Å². The monoisotopic (exact) mass is 248 g/mol. The summed E-state index contributed by atoms with van der Waals surface area (Å²) in [5, 5.41) is 0. The zero-order chi connectivity index (χ0) is 13.0. The zero-order valence-electron chi connectivity index (χ0n) is 11.7. The van der Waals surface area contributed by atoms with Crippen LogP contribution in [-0.4, -0.2) is 6.29 Å². The lowest BCUT2D eigenvalue weighted by atomic mass is 9.84. The summed E-state index contributed by atoms with van der Waals surface area (Å²) in [6.07, 6.45) is 12.4. The van der Waals surface area contributed by atoms with Crippen LogP contribution in [-0.2, 0) is 9.47 Å². The first-order chi connectivity index (χ1) is 8.63. The molecule has 18 heavy (non-hydrogen) atoms. The van der Waals surface area contributed by atoms with Crippen LogP contribution in [0.15, 0.2) is 35.8 Å². The van der Waals surface area contributed by atoms with Crippen LogP contribution in [0.25, 0.3) is 0 Å². The van der Waals surface area contributed by atoms with Gasteiger partial charge in [-0.1, -0.05) is 37.1 Å². The molecule has 1 atom stereocenters. The molecule has 0 fully saturated rings. The first kappa shape index (κ1) is 13.3. The van der Waals surface area contributed by atoms with Gasteiger partial charge in [-0.3, -0.25) is 0 Å². The molecule has 2 heteroatoms. The second-order valence-electron chi connectivity index (χ2n) is 5.84. The fourth-order valence-corrected chi connectivity index (χ4v) is 2.80. The van der Waals surface area contributed by atoms with E-state index in [2.05, 4.69) is 32.9 Å². The largest absolute Gasteiger partial charge is 0.459 e. The number of hydrogen-bond donors (Lipinski definition) is 0. The van der Waals surface area contributed by atoms with E-state index in [9.17, 15) is 0 Å². The van der Waals surface area contributed by atoms with Crippen molar-refractivity contribution in [3.05, 3.63) is 35.8 Å². The Morgan fingerprint density at radius 1 is 1.28 bits per heavy atom. The predicted octanol–water partition coefficient (Wildman–Crippen LogP) is 4.55. The molecule has 1 aliphatic heterocycles. The summed E-state index contributed by atoms with van der Waals surface area (Å²) in [4.78, 5) is 0. The van der Waals surface area contributed by atoms with Crippen LogP contribution in [0.4, 0.5) is 0 Å². The Balaban J connectivity index is 1.86. The topological polar surface area (TPSA) is 18.5 Å². The molecule has 100 valence electrons. The van der Waals surface area contributed by atoms with E-state index in [4.69, 9.17) is 9.47 Å². The minimum absolute atomic E-state index is 0.0786. The van der Waals surface area contributed by atoms with Crippen molar-refractivity contribution >= 4 is 0 Å². The standard InChI is InChI=1S/C16H24O2/c1-12(2)8-15-10-13(3)9-14(11-15)4-5-16-17-6-7-18-16/h6-7,9,11-12,15-16H,4-5,8,10H2,1-3H3. The van der Waals surface area contributed by atoms with Crippen LogP contribution >= 0.6 is 0 Å². The van der Waals surface area contributed by atoms with Gasteiger partial charge in [-0.05, 0) is 38.0 Å². The molecule has 0 amide bonds.